The predicted octanol–water partition coefficient (Wildman–Crippen LogP) is 5.69. The summed E-state index contributed by atoms with van der Waals surface area (Å²) < 4.78 is 5.06. The first-order valence-electron chi connectivity index (χ1n) is 10.2. The summed E-state index contributed by atoms with van der Waals surface area (Å²) in [6, 6.07) is 15.8. The maximum absolute atomic E-state index is 13.0. The van der Waals surface area contributed by atoms with Gasteiger partial charge in [0, 0.05) is 12.1 Å². The van der Waals surface area contributed by atoms with Crippen molar-refractivity contribution in [3.8, 4) is 0 Å². The van der Waals surface area contributed by atoms with E-state index in [1.807, 2.05) is 43.3 Å². The first kappa shape index (κ1) is 19.9. The number of fused-ring (bicyclic) bond motifs is 5. The third-order valence-electron chi connectivity index (χ3n) is 5.70. The van der Waals surface area contributed by atoms with Gasteiger partial charge in [-0.15, -0.1) is 0 Å². The van der Waals surface area contributed by atoms with Gasteiger partial charge in [0.1, 0.15) is 0 Å². The zero-order chi connectivity index (χ0) is 21.4. The second kappa shape index (κ2) is 7.79. The lowest BCUT2D eigenvalue weighted by Gasteiger charge is -2.17. The van der Waals surface area contributed by atoms with Gasteiger partial charge in [0.25, 0.3) is 5.91 Å². The van der Waals surface area contributed by atoms with Crippen LogP contribution in [0.4, 0.5) is 0 Å². The van der Waals surface area contributed by atoms with Gasteiger partial charge in [-0.05, 0) is 75.8 Å². The Morgan fingerprint density at radius 3 is 2.00 bits per heavy atom. The molecule has 0 aliphatic carbocycles. The van der Waals surface area contributed by atoms with E-state index in [0.29, 0.717) is 17.7 Å². The van der Waals surface area contributed by atoms with Gasteiger partial charge in [-0.3, -0.25) is 4.79 Å². The first-order chi connectivity index (χ1) is 14.5. The van der Waals surface area contributed by atoms with E-state index in [0.717, 1.165) is 49.9 Å². The number of carbonyl (C=O) groups excluding carboxylic acids is 2. The van der Waals surface area contributed by atoms with Gasteiger partial charge in [-0.2, -0.15) is 0 Å². The molecule has 4 nitrogen and oxygen atoms in total. The number of nitrogens with one attached hydrogen (secondary N) is 1. The first-order valence-corrected chi connectivity index (χ1v) is 10.2. The van der Waals surface area contributed by atoms with E-state index < -0.39 is 0 Å². The van der Waals surface area contributed by atoms with Crippen molar-refractivity contribution in [1.29, 1.82) is 0 Å². The third kappa shape index (κ3) is 3.09. The number of hydrogen-bond donors (Lipinski definition) is 1. The molecule has 0 heterocycles. The third-order valence-corrected chi connectivity index (χ3v) is 5.70. The Labute approximate surface area is 175 Å². The van der Waals surface area contributed by atoms with Gasteiger partial charge >= 0.3 is 5.97 Å². The van der Waals surface area contributed by atoms with E-state index in [1.54, 1.807) is 0 Å². The van der Waals surface area contributed by atoms with Gasteiger partial charge in [0.2, 0.25) is 0 Å². The molecule has 4 heteroatoms. The highest BCUT2D eigenvalue weighted by atomic mass is 16.5. The van der Waals surface area contributed by atoms with Gasteiger partial charge in [-0.25, -0.2) is 4.79 Å². The van der Waals surface area contributed by atoms with E-state index in [1.165, 1.54) is 7.11 Å². The molecule has 1 N–H and O–H groups in total. The summed E-state index contributed by atoms with van der Waals surface area (Å²) in [7, 11) is 1.39. The maximum Gasteiger partial charge on any atom is 0.338 e. The number of ether oxygens (including phenoxy) is 1. The maximum atomic E-state index is 13.0. The smallest absolute Gasteiger partial charge is 0.338 e. The minimum absolute atomic E-state index is 0.0983. The van der Waals surface area contributed by atoms with Crippen LogP contribution in [0.3, 0.4) is 0 Å². The van der Waals surface area contributed by atoms with Gasteiger partial charge < -0.3 is 10.1 Å². The minimum atomic E-state index is -0.380. The second-order valence-electron chi connectivity index (χ2n) is 7.69. The molecule has 30 heavy (non-hydrogen) atoms. The van der Waals surface area contributed by atoms with Crippen LogP contribution in [0.25, 0.3) is 32.3 Å². The summed E-state index contributed by atoms with van der Waals surface area (Å²) in [5.74, 6) is -0.479. The largest absolute Gasteiger partial charge is 0.465 e. The average molecular weight is 399 g/mol. The van der Waals surface area contributed by atoms with Crippen molar-refractivity contribution in [2.45, 2.75) is 27.2 Å². The fraction of sp³-hybridized carbons (Fsp3) is 0.231. The molecule has 0 unspecified atom stereocenters. The molecule has 4 aromatic rings. The molecule has 0 atom stereocenters. The molecule has 0 aromatic heterocycles. The number of amides is 1. The van der Waals surface area contributed by atoms with Crippen molar-refractivity contribution >= 4 is 44.2 Å². The highest BCUT2D eigenvalue weighted by Crippen LogP contribution is 2.39. The van der Waals surface area contributed by atoms with E-state index in [2.05, 4.69) is 31.3 Å². The molecule has 0 radical (unpaired) electrons. The summed E-state index contributed by atoms with van der Waals surface area (Å²) in [4.78, 5) is 25.5. The number of methoxy groups -OCH3 is 1. The Morgan fingerprint density at radius 1 is 0.867 bits per heavy atom. The van der Waals surface area contributed by atoms with Crippen molar-refractivity contribution in [3.63, 3.8) is 0 Å². The molecule has 0 fully saturated rings. The highest BCUT2D eigenvalue weighted by molar-refractivity contribution is 6.28. The van der Waals surface area contributed by atoms with Crippen LogP contribution in [0.2, 0.25) is 0 Å². The van der Waals surface area contributed by atoms with Gasteiger partial charge in [0.05, 0.1) is 12.7 Å². The minimum Gasteiger partial charge on any atom is -0.465 e. The molecule has 4 aromatic carbocycles. The van der Waals surface area contributed by atoms with Gasteiger partial charge in [-0.1, -0.05) is 43.3 Å². The van der Waals surface area contributed by atoms with Crippen LogP contribution >= 0.6 is 0 Å². The lowest BCUT2D eigenvalue weighted by atomic mass is 9.87. The quantitative estimate of drug-likeness (QED) is 0.354. The van der Waals surface area contributed by atoms with Crippen LogP contribution in [0.15, 0.2) is 48.5 Å². The second-order valence-corrected chi connectivity index (χ2v) is 7.69. The fourth-order valence-electron chi connectivity index (χ4n) is 4.31. The van der Waals surface area contributed by atoms with Crippen LogP contribution in [0.1, 0.15) is 45.2 Å². The SMILES string of the molecule is CCCNC(=O)c1cc2cc(C(=O)OC)c3cccc(C)c3c2c2c(C)cccc12. The molecular formula is C26H25NO3. The van der Waals surface area contributed by atoms with E-state index in [9.17, 15) is 9.59 Å². The fourth-order valence-corrected chi connectivity index (χ4v) is 4.31. The zero-order valence-corrected chi connectivity index (χ0v) is 17.8. The number of rotatable bonds is 4. The number of aryl methyl sites for hydroxylation is 2. The van der Waals surface area contributed by atoms with Crippen LogP contribution < -0.4 is 5.32 Å². The molecule has 0 spiro atoms. The Morgan fingerprint density at radius 2 is 1.43 bits per heavy atom. The van der Waals surface area contributed by atoms with E-state index in [-0.39, 0.29) is 11.9 Å². The van der Waals surface area contributed by atoms with Crippen molar-refractivity contribution in [1.82, 2.24) is 5.32 Å². The Kier molecular flexibility index (Phi) is 5.17. The molecule has 152 valence electrons. The van der Waals surface area contributed by atoms with Gasteiger partial charge in [0.15, 0.2) is 0 Å². The monoisotopic (exact) mass is 399 g/mol. The summed E-state index contributed by atoms with van der Waals surface area (Å²) >= 11 is 0. The van der Waals surface area contributed by atoms with E-state index >= 15 is 0 Å². The highest BCUT2D eigenvalue weighted by Gasteiger charge is 2.20. The Hall–Kier alpha value is -3.40. The zero-order valence-electron chi connectivity index (χ0n) is 17.8. The lowest BCUT2D eigenvalue weighted by molar-refractivity contribution is 0.0603. The molecule has 0 bridgehead atoms. The molecule has 4 rings (SSSR count). The topological polar surface area (TPSA) is 55.4 Å². The molecular weight excluding hydrogens is 374 g/mol. The summed E-state index contributed by atoms with van der Waals surface area (Å²) in [6.45, 7) is 6.76. The predicted molar refractivity (Wildman–Crippen MR) is 122 cm³/mol. The van der Waals surface area contributed by atoms with Crippen LogP contribution in [-0.2, 0) is 4.74 Å². The molecule has 0 saturated heterocycles. The standard InChI is InChI=1S/C26H25NO3/c1-5-12-27-25(28)20-13-17-14-21(26(29)30-4)19-11-7-9-16(3)23(19)24(17)22-15(2)8-6-10-18(20)22/h6-11,13-14H,5,12H2,1-4H3,(H,27,28). The van der Waals surface area contributed by atoms with Crippen molar-refractivity contribution in [3.05, 3.63) is 70.8 Å². The molecule has 1 amide bonds. The summed E-state index contributed by atoms with van der Waals surface area (Å²) in [6.07, 6.45) is 0.868. The van der Waals surface area contributed by atoms with Crippen LogP contribution in [0, 0.1) is 13.8 Å². The van der Waals surface area contributed by atoms with Crippen LogP contribution in [0.5, 0.6) is 0 Å². The number of carbonyl (C=O) groups is 2. The molecule has 0 aliphatic rings. The summed E-state index contributed by atoms with van der Waals surface area (Å²) in [5.41, 5.74) is 3.31. The number of esters is 1. The van der Waals surface area contributed by atoms with Crippen LogP contribution in [-0.4, -0.2) is 25.5 Å². The average Bonchev–Trinajstić information content (AvgIpc) is 2.75. The Balaban J connectivity index is 2.23. The normalized spacial score (nSPS) is 11.2. The molecule has 0 saturated carbocycles. The lowest BCUT2D eigenvalue weighted by Crippen LogP contribution is -2.24. The Bertz CT molecular complexity index is 1320. The van der Waals surface area contributed by atoms with E-state index in [4.69, 9.17) is 4.74 Å². The number of benzene rings is 4. The van der Waals surface area contributed by atoms with Crippen molar-refractivity contribution in [2.75, 3.05) is 13.7 Å². The number of hydrogen-bond acceptors (Lipinski definition) is 3. The van der Waals surface area contributed by atoms with Crippen molar-refractivity contribution in [2.24, 2.45) is 0 Å². The summed E-state index contributed by atoms with van der Waals surface area (Å²) in [5, 5.41) is 8.78. The molecule has 0 aliphatic heterocycles. The van der Waals surface area contributed by atoms with Crippen molar-refractivity contribution < 1.29 is 14.3 Å².